The van der Waals surface area contributed by atoms with Crippen LogP contribution in [0.5, 0.6) is 0 Å². The summed E-state index contributed by atoms with van der Waals surface area (Å²) in [7, 11) is 0. The highest BCUT2D eigenvalue weighted by Crippen LogP contribution is 1.73. The van der Waals surface area contributed by atoms with Crippen LogP contribution >= 0.6 is 0 Å². The molecule has 0 heterocycles. The van der Waals surface area contributed by atoms with Crippen molar-refractivity contribution in [3.05, 3.63) is 0 Å². The minimum Gasteiger partial charge on any atom is -0.394 e. The van der Waals surface area contributed by atoms with Crippen molar-refractivity contribution in [3.8, 4) is 11.8 Å². The molecule has 0 amide bonds. The Morgan fingerprint density at radius 3 is 1.77 bits per heavy atom. The molecule has 1 N–H and O–H groups in total. The van der Waals surface area contributed by atoms with Gasteiger partial charge in [-0.3, -0.25) is 9.59 Å². The average Bonchev–Trinajstić information content (AvgIpc) is 1.99. The van der Waals surface area contributed by atoms with Gasteiger partial charge in [-0.05, 0) is 0 Å². The second-order valence-corrected chi connectivity index (χ2v) is 1.95. The van der Waals surface area contributed by atoms with Gasteiger partial charge < -0.3 is 9.84 Å². The standard InChI is InChI=1S/C5H8O.C4H6O3/c1-2-3-4-5-6;1-3(5)7-4(2)6/h6H,2,5H2,1H3;1-2H3. The molecule has 74 valence electrons. The molecule has 0 saturated heterocycles. The first-order valence-electron chi connectivity index (χ1n) is 3.80. The third kappa shape index (κ3) is 25.0. The van der Waals surface area contributed by atoms with Gasteiger partial charge in [0.1, 0.15) is 6.61 Å². The van der Waals surface area contributed by atoms with Crippen molar-refractivity contribution in [2.75, 3.05) is 6.61 Å². The largest absolute Gasteiger partial charge is 0.394 e. The third-order valence-corrected chi connectivity index (χ3v) is 0.668. The lowest BCUT2D eigenvalue weighted by Crippen LogP contribution is -2.03. The van der Waals surface area contributed by atoms with E-state index in [0.717, 1.165) is 6.42 Å². The van der Waals surface area contributed by atoms with E-state index in [9.17, 15) is 9.59 Å². The maximum absolute atomic E-state index is 9.81. The van der Waals surface area contributed by atoms with Gasteiger partial charge in [0.25, 0.3) is 0 Å². The van der Waals surface area contributed by atoms with E-state index in [2.05, 4.69) is 16.6 Å². The van der Waals surface area contributed by atoms with Crippen LogP contribution in [0.15, 0.2) is 0 Å². The Hall–Kier alpha value is -1.34. The summed E-state index contributed by atoms with van der Waals surface area (Å²) in [6.07, 6.45) is 0.834. The molecule has 0 radical (unpaired) electrons. The van der Waals surface area contributed by atoms with E-state index in [0.29, 0.717) is 0 Å². The molecule has 4 nitrogen and oxygen atoms in total. The Kier molecular flexibility index (Phi) is 11.6. The summed E-state index contributed by atoms with van der Waals surface area (Å²) in [5.41, 5.74) is 0. The first kappa shape index (κ1) is 14.2. The molecule has 0 bridgehead atoms. The topological polar surface area (TPSA) is 63.6 Å². The van der Waals surface area contributed by atoms with E-state index in [1.54, 1.807) is 0 Å². The van der Waals surface area contributed by atoms with Crippen LogP contribution in [0, 0.1) is 11.8 Å². The zero-order valence-corrected chi connectivity index (χ0v) is 8.09. The van der Waals surface area contributed by atoms with Crippen molar-refractivity contribution < 1.29 is 19.4 Å². The van der Waals surface area contributed by atoms with Crippen LogP contribution in [-0.4, -0.2) is 23.7 Å². The molecule has 0 fully saturated rings. The Labute approximate surface area is 77.9 Å². The van der Waals surface area contributed by atoms with Crippen LogP contribution in [0.25, 0.3) is 0 Å². The molecule has 0 aromatic carbocycles. The fourth-order valence-corrected chi connectivity index (χ4v) is 0.383. The zero-order valence-electron chi connectivity index (χ0n) is 8.09. The van der Waals surface area contributed by atoms with Gasteiger partial charge in [-0.1, -0.05) is 12.8 Å². The highest BCUT2D eigenvalue weighted by molar-refractivity contribution is 5.82. The highest BCUT2D eigenvalue weighted by atomic mass is 16.6. The van der Waals surface area contributed by atoms with Gasteiger partial charge in [-0.15, -0.1) is 5.92 Å². The van der Waals surface area contributed by atoms with E-state index in [-0.39, 0.29) is 6.61 Å². The molecular weight excluding hydrogens is 172 g/mol. The normalized spacial score (nSPS) is 7.08. The first-order chi connectivity index (χ1) is 6.04. The number of esters is 2. The summed E-state index contributed by atoms with van der Waals surface area (Å²) >= 11 is 0. The van der Waals surface area contributed by atoms with Gasteiger partial charge in [0.15, 0.2) is 0 Å². The maximum atomic E-state index is 9.81. The van der Waals surface area contributed by atoms with E-state index in [1.807, 2.05) is 6.92 Å². The number of carbonyl (C=O) groups excluding carboxylic acids is 2. The van der Waals surface area contributed by atoms with E-state index >= 15 is 0 Å². The molecule has 0 aromatic heterocycles. The fourth-order valence-electron chi connectivity index (χ4n) is 0.383. The van der Waals surface area contributed by atoms with Crippen molar-refractivity contribution >= 4 is 11.9 Å². The van der Waals surface area contributed by atoms with Crippen molar-refractivity contribution in [2.45, 2.75) is 27.2 Å². The third-order valence-electron chi connectivity index (χ3n) is 0.668. The second kappa shape index (κ2) is 10.7. The van der Waals surface area contributed by atoms with Crippen LogP contribution in [0.2, 0.25) is 0 Å². The molecular formula is C9H14O4. The molecule has 0 unspecified atom stereocenters. The van der Waals surface area contributed by atoms with E-state index < -0.39 is 11.9 Å². The van der Waals surface area contributed by atoms with Gasteiger partial charge in [-0.25, -0.2) is 0 Å². The molecule has 4 heteroatoms. The maximum Gasteiger partial charge on any atom is 0.310 e. The summed E-state index contributed by atoms with van der Waals surface area (Å²) in [6, 6.07) is 0. The monoisotopic (exact) mass is 186 g/mol. The van der Waals surface area contributed by atoms with Gasteiger partial charge in [-0.2, -0.15) is 0 Å². The van der Waals surface area contributed by atoms with E-state index in [4.69, 9.17) is 5.11 Å². The Balaban J connectivity index is 0. The predicted molar refractivity (Wildman–Crippen MR) is 47.6 cm³/mol. The van der Waals surface area contributed by atoms with Gasteiger partial charge in [0.05, 0.1) is 0 Å². The number of carbonyl (C=O) groups is 2. The Bertz CT molecular complexity index is 189. The average molecular weight is 186 g/mol. The predicted octanol–water partition coefficient (Wildman–Crippen LogP) is 0.488. The fraction of sp³-hybridized carbons (Fsp3) is 0.556. The lowest BCUT2D eigenvalue weighted by molar-refractivity contribution is -0.156. The summed E-state index contributed by atoms with van der Waals surface area (Å²) in [6.45, 7) is 4.30. The molecule has 0 aliphatic rings. The van der Waals surface area contributed by atoms with Crippen LogP contribution in [0.4, 0.5) is 0 Å². The van der Waals surface area contributed by atoms with Gasteiger partial charge in [0.2, 0.25) is 0 Å². The quantitative estimate of drug-likeness (QED) is 0.339. The number of aliphatic hydroxyl groups excluding tert-OH is 1. The smallest absolute Gasteiger partial charge is 0.310 e. The van der Waals surface area contributed by atoms with Crippen LogP contribution < -0.4 is 0 Å². The SMILES string of the molecule is CC(=O)OC(C)=O.CCC#CCO. The number of rotatable bonds is 0. The molecule has 13 heavy (non-hydrogen) atoms. The number of aliphatic hydroxyl groups is 1. The summed E-state index contributed by atoms with van der Waals surface area (Å²) in [5.74, 6) is 4.08. The van der Waals surface area contributed by atoms with Crippen LogP contribution in [0.1, 0.15) is 27.2 Å². The summed E-state index contributed by atoms with van der Waals surface area (Å²) < 4.78 is 3.97. The minimum atomic E-state index is -0.562. The highest BCUT2D eigenvalue weighted by Gasteiger charge is 1.93. The second-order valence-electron chi connectivity index (χ2n) is 1.95. The summed E-state index contributed by atoms with van der Waals surface area (Å²) in [4.78, 5) is 19.6. The Morgan fingerprint density at radius 2 is 1.69 bits per heavy atom. The van der Waals surface area contributed by atoms with Crippen molar-refractivity contribution in [2.24, 2.45) is 0 Å². The first-order valence-corrected chi connectivity index (χ1v) is 3.80. The molecule has 0 aromatic rings. The lowest BCUT2D eigenvalue weighted by Gasteiger charge is -1.87. The van der Waals surface area contributed by atoms with Gasteiger partial charge >= 0.3 is 11.9 Å². The number of ether oxygens (including phenoxy) is 1. The van der Waals surface area contributed by atoms with Gasteiger partial charge in [0, 0.05) is 20.3 Å². The Morgan fingerprint density at radius 1 is 1.23 bits per heavy atom. The lowest BCUT2D eigenvalue weighted by atomic mass is 10.5. The summed E-state index contributed by atoms with van der Waals surface area (Å²) in [5, 5.41) is 8.02. The van der Waals surface area contributed by atoms with Crippen LogP contribution in [0.3, 0.4) is 0 Å². The van der Waals surface area contributed by atoms with Crippen LogP contribution in [-0.2, 0) is 14.3 Å². The number of hydrogen-bond acceptors (Lipinski definition) is 4. The minimum absolute atomic E-state index is 0.00611. The number of hydrogen-bond donors (Lipinski definition) is 1. The molecule has 0 aliphatic heterocycles. The molecule has 0 aliphatic carbocycles. The van der Waals surface area contributed by atoms with Crippen molar-refractivity contribution in [1.82, 2.24) is 0 Å². The van der Waals surface area contributed by atoms with Crippen molar-refractivity contribution in [3.63, 3.8) is 0 Å². The molecule has 0 spiro atoms. The van der Waals surface area contributed by atoms with E-state index in [1.165, 1.54) is 13.8 Å². The van der Waals surface area contributed by atoms with Crippen molar-refractivity contribution in [1.29, 1.82) is 0 Å². The zero-order chi connectivity index (χ0) is 10.7. The molecule has 0 atom stereocenters. The molecule has 0 saturated carbocycles. The molecule has 0 rings (SSSR count).